The molecule has 0 heterocycles. The Hall–Kier alpha value is -3.88. The minimum absolute atomic E-state index is 0.00737. The maximum absolute atomic E-state index is 11.4. The molecule has 0 spiro atoms. The van der Waals surface area contributed by atoms with E-state index in [1.165, 1.54) is 0 Å². The van der Waals surface area contributed by atoms with Crippen molar-refractivity contribution in [1.82, 2.24) is 0 Å². The molecule has 0 aliphatic heterocycles. The third kappa shape index (κ3) is 3.11. The van der Waals surface area contributed by atoms with Gasteiger partial charge in [-0.2, -0.15) is 0 Å². The molecule has 9 nitrogen and oxygen atoms in total. The van der Waals surface area contributed by atoms with Crippen molar-refractivity contribution < 1.29 is 44.7 Å². The smallest absolute Gasteiger partial charge is 0.340 e. The van der Waals surface area contributed by atoms with Crippen LogP contribution < -0.4 is 0 Å². The number of benzene rings is 2. The molecule has 0 aliphatic carbocycles. The Bertz CT molecular complexity index is 927. The van der Waals surface area contributed by atoms with Gasteiger partial charge in [-0.1, -0.05) is 12.1 Å². The van der Waals surface area contributed by atoms with Crippen LogP contribution in [0.1, 0.15) is 41.4 Å². The number of carboxylic acids is 4. The molecular weight excluding hydrogens is 336 g/mol. The number of phenols is 1. The zero-order valence-corrected chi connectivity index (χ0v) is 12.3. The largest absolute Gasteiger partial charge is 0.506 e. The number of aromatic hydroxyl groups is 1. The van der Waals surface area contributed by atoms with Crippen molar-refractivity contribution in [3.8, 4) is 16.9 Å². The van der Waals surface area contributed by atoms with Gasteiger partial charge in [0.05, 0.1) is 11.1 Å². The number of hydrogen-bond donors (Lipinski definition) is 5. The summed E-state index contributed by atoms with van der Waals surface area (Å²) in [4.78, 5) is 44.7. The van der Waals surface area contributed by atoms with Crippen molar-refractivity contribution in [1.29, 1.82) is 0 Å². The number of aromatic carboxylic acids is 4. The molecule has 0 radical (unpaired) electrons. The van der Waals surface area contributed by atoms with Gasteiger partial charge in [-0.05, 0) is 23.8 Å². The second-order valence-corrected chi connectivity index (χ2v) is 4.87. The number of rotatable bonds is 5. The van der Waals surface area contributed by atoms with Crippen LogP contribution in [0.2, 0.25) is 0 Å². The number of hydrogen-bond acceptors (Lipinski definition) is 5. The quantitative estimate of drug-likeness (QED) is 0.542. The number of carbonyl (C=O) groups is 4. The van der Waals surface area contributed by atoms with Crippen LogP contribution in [0.15, 0.2) is 30.3 Å². The second kappa shape index (κ2) is 6.32. The van der Waals surface area contributed by atoms with Crippen LogP contribution in [0.25, 0.3) is 11.1 Å². The van der Waals surface area contributed by atoms with Gasteiger partial charge in [-0.3, -0.25) is 0 Å². The Kier molecular flexibility index (Phi) is 4.42. The summed E-state index contributed by atoms with van der Waals surface area (Å²) in [6.07, 6.45) is 0. The molecule has 9 heteroatoms. The Morgan fingerprint density at radius 2 is 1.16 bits per heavy atom. The summed E-state index contributed by atoms with van der Waals surface area (Å²) in [7, 11) is 0. The highest BCUT2D eigenvalue weighted by molar-refractivity contribution is 6.06. The highest BCUT2D eigenvalue weighted by Crippen LogP contribution is 2.34. The van der Waals surface area contributed by atoms with Crippen LogP contribution in [0.4, 0.5) is 0 Å². The average Bonchev–Trinajstić information content (AvgIpc) is 2.52. The van der Waals surface area contributed by atoms with E-state index >= 15 is 0 Å². The second-order valence-electron chi connectivity index (χ2n) is 4.87. The van der Waals surface area contributed by atoms with E-state index < -0.39 is 51.9 Å². The number of carboxylic acid groups (broad SMARTS) is 4. The summed E-state index contributed by atoms with van der Waals surface area (Å²) in [5.41, 5.74) is -2.62. The summed E-state index contributed by atoms with van der Waals surface area (Å²) in [6, 6.07) is 5.14. The van der Waals surface area contributed by atoms with E-state index in [-0.39, 0.29) is 11.1 Å². The standard InChI is InChI=1S/C16H10O9/c17-12-9(14(20)21)4-3-7(11(12)16(24)25)6-1-2-8(13(18)19)10(5-6)15(22)23/h1-5,17H,(H,18,19)(H,20,21)(H,22,23)(H,24,25). The zero-order chi connectivity index (χ0) is 18.9. The van der Waals surface area contributed by atoms with Crippen molar-refractivity contribution in [2.45, 2.75) is 0 Å². The Balaban J connectivity index is 2.79. The molecule has 0 aromatic heterocycles. The van der Waals surface area contributed by atoms with E-state index in [1.807, 2.05) is 0 Å². The lowest BCUT2D eigenvalue weighted by Crippen LogP contribution is -2.09. The van der Waals surface area contributed by atoms with Crippen LogP contribution in [0.3, 0.4) is 0 Å². The lowest BCUT2D eigenvalue weighted by Gasteiger charge is -2.12. The molecule has 0 fully saturated rings. The van der Waals surface area contributed by atoms with Crippen LogP contribution in [-0.4, -0.2) is 49.4 Å². The highest BCUT2D eigenvalue weighted by atomic mass is 16.4. The van der Waals surface area contributed by atoms with Gasteiger partial charge in [-0.15, -0.1) is 0 Å². The molecule has 0 aliphatic rings. The predicted octanol–water partition coefficient (Wildman–Crippen LogP) is 1.85. The van der Waals surface area contributed by atoms with E-state index in [1.54, 1.807) is 0 Å². The Morgan fingerprint density at radius 3 is 1.64 bits per heavy atom. The fourth-order valence-corrected chi connectivity index (χ4v) is 2.30. The molecule has 0 bridgehead atoms. The van der Waals surface area contributed by atoms with Crippen LogP contribution in [0, 0.1) is 0 Å². The predicted molar refractivity (Wildman–Crippen MR) is 81.4 cm³/mol. The minimum atomic E-state index is -1.63. The summed E-state index contributed by atoms with van der Waals surface area (Å²) in [5.74, 6) is -7.18. The topological polar surface area (TPSA) is 169 Å². The summed E-state index contributed by atoms with van der Waals surface area (Å²) in [6.45, 7) is 0. The van der Waals surface area contributed by atoms with E-state index in [0.29, 0.717) is 0 Å². The maximum atomic E-state index is 11.4. The molecule has 2 aromatic carbocycles. The average molecular weight is 346 g/mol. The molecule has 0 atom stereocenters. The van der Waals surface area contributed by atoms with Gasteiger partial charge in [0, 0.05) is 5.56 Å². The van der Waals surface area contributed by atoms with Gasteiger partial charge in [0.1, 0.15) is 16.9 Å². The van der Waals surface area contributed by atoms with E-state index in [4.69, 9.17) is 15.3 Å². The summed E-state index contributed by atoms with van der Waals surface area (Å²) < 4.78 is 0. The van der Waals surface area contributed by atoms with Gasteiger partial charge < -0.3 is 25.5 Å². The van der Waals surface area contributed by atoms with Crippen molar-refractivity contribution >= 4 is 23.9 Å². The first-order valence-corrected chi connectivity index (χ1v) is 6.58. The SMILES string of the molecule is O=C(O)c1ccc(-c2ccc(C(=O)O)c(O)c2C(=O)O)cc1C(=O)O. The van der Waals surface area contributed by atoms with E-state index in [0.717, 1.165) is 30.3 Å². The molecule has 0 amide bonds. The van der Waals surface area contributed by atoms with Crippen LogP contribution in [-0.2, 0) is 0 Å². The van der Waals surface area contributed by atoms with E-state index in [2.05, 4.69) is 0 Å². The van der Waals surface area contributed by atoms with Crippen LogP contribution >= 0.6 is 0 Å². The maximum Gasteiger partial charge on any atom is 0.340 e. The minimum Gasteiger partial charge on any atom is -0.506 e. The molecule has 128 valence electrons. The summed E-state index contributed by atoms with van der Waals surface area (Å²) >= 11 is 0. The Labute approximate surface area is 139 Å². The fraction of sp³-hybridized carbons (Fsp3) is 0. The van der Waals surface area contributed by atoms with Gasteiger partial charge >= 0.3 is 23.9 Å². The van der Waals surface area contributed by atoms with Crippen molar-refractivity contribution in [2.24, 2.45) is 0 Å². The van der Waals surface area contributed by atoms with Gasteiger partial charge in [-0.25, -0.2) is 19.2 Å². The van der Waals surface area contributed by atoms with E-state index in [9.17, 15) is 29.4 Å². The monoisotopic (exact) mass is 346 g/mol. The normalized spacial score (nSPS) is 10.2. The Morgan fingerprint density at radius 1 is 0.640 bits per heavy atom. The first kappa shape index (κ1) is 17.5. The summed E-state index contributed by atoms with van der Waals surface area (Å²) in [5, 5.41) is 46.3. The van der Waals surface area contributed by atoms with Gasteiger partial charge in [0.2, 0.25) is 0 Å². The first-order chi connectivity index (χ1) is 11.6. The highest BCUT2D eigenvalue weighted by Gasteiger charge is 2.24. The fourth-order valence-electron chi connectivity index (χ4n) is 2.30. The third-order valence-electron chi connectivity index (χ3n) is 3.41. The molecule has 2 aromatic rings. The molecule has 2 rings (SSSR count). The van der Waals surface area contributed by atoms with Crippen LogP contribution in [0.5, 0.6) is 5.75 Å². The lowest BCUT2D eigenvalue weighted by atomic mass is 9.93. The molecule has 5 N–H and O–H groups in total. The van der Waals surface area contributed by atoms with Crippen molar-refractivity contribution in [3.63, 3.8) is 0 Å². The van der Waals surface area contributed by atoms with Crippen molar-refractivity contribution in [2.75, 3.05) is 0 Å². The van der Waals surface area contributed by atoms with Gasteiger partial charge in [0.25, 0.3) is 0 Å². The molecule has 25 heavy (non-hydrogen) atoms. The lowest BCUT2D eigenvalue weighted by molar-refractivity contribution is 0.0651. The third-order valence-corrected chi connectivity index (χ3v) is 3.41. The molecule has 0 saturated carbocycles. The molecule has 0 unspecified atom stereocenters. The van der Waals surface area contributed by atoms with Crippen molar-refractivity contribution in [3.05, 3.63) is 52.6 Å². The zero-order valence-electron chi connectivity index (χ0n) is 12.3. The first-order valence-electron chi connectivity index (χ1n) is 6.58. The molecular formula is C16H10O9. The molecule has 0 saturated heterocycles. The van der Waals surface area contributed by atoms with Gasteiger partial charge in [0.15, 0.2) is 0 Å².